The first-order valence-corrected chi connectivity index (χ1v) is 3.82. The molecule has 58 valence electrons. The predicted molar refractivity (Wildman–Crippen MR) is 39.4 cm³/mol. The van der Waals surface area contributed by atoms with Gasteiger partial charge in [-0.05, 0) is 12.8 Å². The fourth-order valence-electron chi connectivity index (χ4n) is 1.82. The first-order valence-electron chi connectivity index (χ1n) is 3.82. The van der Waals surface area contributed by atoms with Gasteiger partial charge in [0.15, 0.2) is 0 Å². The lowest BCUT2D eigenvalue weighted by Gasteiger charge is -2.15. The van der Waals surface area contributed by atoms with Crippen LogP contribution in [0.1, 0.15) is 25.7 Å². The third-order valence-corrected chi connectivity index (χ3v) is 2.56. The van der Waals surface area contributed by atoms with Crippen molar-refractivity contribution < 1.29 is 9.59 Å². The second-order valence-corrected chi connectivity index (χ2v) is 3.32. The van der Waals surface area contributed by atoms with E-state index in [4.69, 9.17) is 0 Å². The van der Waals surface area contributed by atoms with Crippen LogP contribution in [0.3, 0.4) is 0 Å². The standard InChI is InChI=1S/C8H9NO2/c10-6-1-2-8(5-6)3-4-9-7(8)11/h4H,1-3,5H2. The molecule has 1 aliphatic heterocycles. The van der Waals surface area contributed by atoms with Crippen molar-refractivity contribution >= 4 is 17.9 Å². The van der Waals surface area contributed by atoms with E-state index in [0.717, 1.165) is 0 Å². The Kier molecular flexibility index (Phi) is 1.22. The molecule has 0 aromatic carbocycles. The number of aliphatic imine (C=N–C) groups is 1. The van der Waals surface area contributed by atoms with Crippen LogP contribution in [-0.2, 0) is 9.59 Å². The maximum absolute atomic E-state index is 11.2. The van der Waals surface area contributed by atoms with Gasteiger partial charge >= 0.3 is 0 Å². The molecule has 2 rings (SSSR count). The van der Waals surface area contributed by atoms with Crippen molar-refractivity contribution in [3.8, 4) is 0 Å². The summed E-state index contributed by atoms with van der Waals surface area (Å²) in [7, 11) is 0. The van der Waals surface area contributed by atoms with E-state index >= 15 is 0 Å². The SMILES string of the molecule is O=C1CCC2(CC=NC2=O)C1. The van der Waals surface area contributed by atoms with Crippen molar-refractivity contribution in [1.82, 2.24) is 0 Å². The molecule has 1 unspecified atom stereocenters. The molecule has 1 atom stereocenters. The Bertz CT molecular complexity index is 257. The molecule has 1 spiro atoms. The Morgan fingerprint density at radius 1 is 1.45 bits per heavy atom. The molecule has 2 aliphatic rings. The van der Waals surface area contributed by atoms with Crippen molar-refractivity contribution in [1.29, 1.82) is 0 Å². The molecule has 11 heavy (non-hydrogen) atoms. The van der Waals surface area contributed by atoms with Gasteiger partial charge in [0, 0.05) is 19.1 Å². The number of Topliss-reactive ketones (excluding diaryl/α,β-unsaturated/α-hetero) is 1. The summed E-state index contributed by atoms with van der Waals surface area (Å²) in [6.45, 7) is 0. The van der Waals surface area contributed by atoms with Crippen LogP contribution in [-0.4, -0.2) is 17.9 Å². The number of hydrogen-bond acceptors (Lipinski definition) is 2. The van der Waals surface area contributed by atoms with Crippen molar-refractivity contribution in [3.05, 3.63) is 0 Å². The van der Waals surface area contributed by atoms with Gasteiger partial charge in [-0.15, -0.1) is 0 Å². The van der Waals surface area contributed by atoms with Crippen LogP contribution in [0.2, 0.25) is 0 Å². The molecule has 0 aromatic heterocycles. The quantitative estimate of drug-likeness (QED) is 0.512. The minimum atomic E-state index is -0.392. The maximum atomic E-state index is 11.2. The predicted octanol–water partition coefficient (Wildman–Crippen LogP) is 0.727. The van der Waals surface area contributed by atoms with E-state index in [1.54, 1.807) is 6.21 Å². The molecule has 0 bridgehead atoms. The van der Waals surface area contributed by atoms with E-state index < -0.39 is 5.41 Å². The number of nitrogens with zero attached hydrogens (tertiary/aromatic N) is 1. The minimum Gasteiger partial charge on any atom is -0.300 e. The number of amides is 1. The molecular formula is C8H9NO2. The van der Waals surface area contributed by atoms with Gasteiger partial charge in [-0.25, -0.2) is 4.99 Å². The highest BCUT2D eigenvalue weighted by atomic mass is 16.2. The van der Waals surface area contributed by atoms with Crippen LogP contribution < -0.4 is 0 Å². The van der Waals surface area contributed by atoms with Gasteiger partial charge < -0.3 is 0 Å². The van der Waals surface area contributed by atoms with E-state index in [0.29, 0.717) is 25.7 Å². The van der Waals surface area contributed by atoms with Crippen molar-refractivity contribution in [2.24, 2.45) is 10.4 Å². The van der Waals surface area contributed by atoms with Gasteiger partial charge in [-0.2, -0.15) is 0 Å². The molecule has 1 fully saturated rings. The largest absolute Gasteiger partial charge is 0.300 e. The molecule has 1 heterocycles. The molecule has 1 saturated carbocycles. The summed E-state index contributed by atoms with van der Waals surface area (Å²) in [6.07, 6.45) is 4.02. The Balaban J connectivity index is 2.25. The smallest absolute Gasteiger partial charge is 0.252 e. The van der Waals surface area contributed by atoms with Crippen LogP contribution in [0, 0.1) is 5.41 Å². The molecular weight excluding hydrogens is 142 g/mol. The summed E-state index contributed by atoms with van der Waals surface area (Å²) < 4.78 is 0. The van der Waals surface area contributed by atoms with Gasteiger partial charge in [0.05, 0.1) is 5.41 Å². The molecule has 0 radical (unpaired) electrons. The summed E-state index contributed by atoms with van der Waals surface area (Å²) >= 11 is 0. The average molecular weight is 151 g/mol. The topological polar surface area (TPSA) is 46.5 Å². The zero-order chi connectivity index (χ0) is 7.90. The number of ketones is 1. The van der Waals surface area contributed by atoms with E-state index in [1.165, 1.54) is 0 Å². The van der Waals surface area contributed by atoms with Crippen molar-refractivity contribution in [2.75, 3.05) is 0 Å². The molecule has 0 N–H and O–H groups in total. The fourth-order valence-corrected chi connectivity index (χ4v) is 1.82. The molecule has 0 aromatic rings. The lowest BCUT2D eigenvalue weighted by atomic mass is 9.84. The average Bonchev–Trinajstić information content (AvgIpc) is 2.46. The second-order valence-electron chi connectivity index (χ2n) is 3.32. The zero-order valence-electron chi connectivity index (χ0n) is 6.17. The Morgan fingerprint density at radius 3 is 2.73 bits per heavy atom. The fraction of sp³-hybridized carbons (Fsp3) is 0.625. The van der Waals surface area contributed by atoms with Crippen LogP contribution in [0.25, 0.3) is 0 Å². The molecule has 0 saturated heterocycles. The van der Waals surface area contributed by atoms with Crippen molar-refractivity contribution in [2.45, 2.75) is 25.7 Å². The summed E-state index contributed by atoms with van der Waals surface area (Å²) in [5.41, 5.74) is -0.392. The van der Waals surface area contributed by atoms with E-state index in [2.05, 4.69) is 4.99 Å². The molecule has 1 amide bonds. The van der Waals surface area contributed by atoms with Gasteiger partial charge in [0.25, 0.3) is 5.91 Å². The Labute approximate surface area is 64.5 Å². The number of carbonyl (C=O) groups excluding carboxylic acids is 2. The highest BCUT2D eigenvalue weighted by Gasteiger charge is 2.46. The van der Waals surface area contributed by atoms with Crippen LogP contribution in [0.4, 0.5) is 0 Å². The number of hydrogen-bond donors (Lipinski definition) is 0. The Hall–Kier alpha value is -0.990. The van der Waals surface area contributed by atoms with Crippen LogP contribution >= 0.6 is 0 Å². The highest BCUT2D eigenvalue weighted by Crippen LogP contribution is 2.42. The lowest BCUT2D eigenvalue weighted by molar-refractivity contribution is -0.128. The highest BCUT2D eigenvalue weighted by molar-refractivity contribution is 6.01. The first kappa shape index (κ1) is 6.70. The number of rotatable bonds is 0. The van der Waals surface area contributed by atoms with Crippen LogP contribution in [0.5, 0.6) is 0 Å². The molecule has 3 nitrogen and oxygen atoms in total. The lowest BCUT2D eigenvalue weighted by Crippen LogP contribution is -2.22. The third-order valence-electron chi connectivity index (χ3n) is 2.56. The first-order chi connectivity index (χ1) is 5.23. The second kappa shape index (κ2) is 2.00. The van der Waals surface area contributed by atoms with E-state index in [1.807, 2.05) is 0 Å². The molecule has 3 heteroatoms. The summed E-state index contributed by atoms with van der Waals surface area (Å²) in [6, 6.07) is 0. The van der Waals surface area contributed by atoms with Gasteiger partial charge in [0.2, 0.25) is 0 Å². The summed E-state index contributed by atoms with van der Waals surface area (Å²) in [5.74, 6) is 0.132. The monoisotopic (exact) mass is 151 g/mol. The van der Waals surface area contributed by atoms with Gasteiger partial charge in [-0.3, -0.25) is 9.59 Å². The van der Waals surface area contributed by atoms with Crippen molar-refractivity contribution in [3.63, 3.8) is 0 Å². The zero-order valence-corrected chi connectivity index (χ0v) is 6.17. The minimum absolute atomic E-state index is 0.0802. The summed E-state index contributed by atoms with van der Waals surface area (Å²) in [5, 5.41) is 0. The van der Waals surface area contributed by atoms with Crippen LogP contribution in [0.15, 0.2) is 4.99 Å². The summed E-state index contributed by atoms with van der Waals surface area (Å²) in [4.78, 5) is 25.8. The Morgan fingerprint density at radius 2 is 2.27 bits per heavy atom. The van der Waals surface area contributed by atoms with Gasteiger partial charge in [-0.1, -0.05) is 0 Å². The van der Waals surface area contributed by atoms with E-state index in [-0.39, 0.29) is 11.7 Å². The normalized spacial score (nSPS) is 36.0. The van der Waals surface area contributed by atoms with Gasteiger partial charge in [0.1, 0.15) is 5.78 Å². The third kappa shape index (κ3) is 0.836. The maximum Gasteiger partial charge on any atom is 0.252 e. The van der Waals surface area contributed by atoms with E-state index in [9.17, 15) is 9.59 Å². The molecule has 1 aliphatic carbocycles. The number of carbonyl (C=O) groups is 2.